The normalized spacial score (nSPS) is 11.2. The van der Waals surface area contributed by atoms with Crippen LogP contribution in [0, 0.1) is 6.92 Å². The van der Waals surface area contributed by atoms with E-state index < -0.39 is 0 Å². The van der Waals surface area contributed by atoms with E-state index >= 15 is 0 Å². The second-order valence-electron chi connectivity index (χ2n) is 6.07. The van der Waals surface area contributed by atoms with E-state index in [1.165, 1.54) is 0 Å². The number of nitrogens with one attached hydrogen (secondary N) is 2. The minimum atomic E-state index is -0.234. The third-order valence-electron chi connectivity index (χ3n) is 3.04. The summed E-state index contributed by atoms with van der Waals surface area (Å²) >= 11 is 0. The predicted octanol–water partition coefficient (Wildman–Crippen LogP) is 3.03. The minimum absolute atomic E-state index is 0.0334. The first-order valence-electron chi connectivity index (χ1n) is 6.90. The lowest BCUT2D eigenvalue weighted by Crippen LogP contribution is -2.20. The van der Waals surface area contributed by atoms with Crippen molar-refractivity contribution >= 4 is 11.7 Å². The van der Waals surface area contributed by atoms with Crippen LogP contribution in [0.3, 0.4) is 0 Å². The van der Waals surface area contributed by atoms with Crippen LogP contribution in [-0.4, -0.2) is 22.7 Å². The Bertz CT molecular complexity index is 609. The largest absolute Gasteiger partial charge is 0.484 e. The molecule has 2 N–H and O–H groups in total. The highest BCUT2D eigenvalue weighted by Gasteiger charge is 2.17. The fourth-order valence-corrected chi connectivity index (χ4v) is 1.73. The molecule has 0 aliphatic heterocycles. The summed E-state index contributed by atoms with van der Waals surface area (Å²) in [5.41, 5.74) is 2.09. The third kappa shape index (κ3) is 4.34. The van der Waals surface area contributed by atoms with E-state index in [1.807, 2.05) is 37.3 Å². The molecule has 0 aliphatic rings. The van der Waals surface area contributed by atoms with Gasteiger partial charge in [-0.2, -0.15) is 5.10 Å². The van der Waals surface area contributed by atoms with E-state index in [0.717, 1.165) is 11.3 Å². The molecule has 0 radical (unpaired) electrons. The number of aromatic nitrogens is 2. The molecule has 5 heteroatoms. The van der Waals surface area contributed by atoms with Gasteiger partial charge in [0.2, 0.25) is 0 Å². The van der Waals surface area contributed by atoms with Gasteiger partial charge in [0.15, 0.2) is 12.4 Å². The van der Waals surface area contributed by atoms with E-state index in [4.69, 9.17) is 4.74 Å². The van der Waals surface area contributed by atoms with Crippen LogP contribution in [0.1, 0.15) is 32.0 Å². The first kappa shape index (κ1) is 15.1. The van der Waals surface area contributed by atoms with Crippen LogP contribution in [0.5, 0.6) is 5.75 Å². The zero-order valence-corrected chi connectivity index (χ0v) is 12.9. The van der Waals surface area contributed by atoms with E-state index in [2.05, 4.69) is 36.3 Å². The SMILES string of the molecule is Cc1ccc(OCC(=O)Nc2cc(C(C)(C)C)[nH]n2)cc1. The fraction of sp³-hybridized carbons (Fsp3) is 0.375. The molecule has 1 amide bonds. The number of aryl methyl sites for hydroxylation is 1. The van der Waals surface area contributed by atoms with Gasteiger partial charge in [-0.25, -0.2) is 0 Å². The molecule has 0 saturated heterocycles. The van der Waals surface area contributed by atoms with Gasteiger partial charge in [0.25, 0.3) is 5.91 Å². The molecular weight excluding hydrogens is 266 g/mol. The number of rotatable bonds is 4. The maximum absolute atomic E-state index is 11.8. The predicted molar refractivity (Wildman–Crippen MR) is 82.6 cm³/mol. The monoisotopic (exact) mass is 287 g/mol. The van der Waals surface area contributed by atoms with Crippen LogP contribution >= 0.6 is 0 Å². The molecule has 0 unspecified atom stereocenters. The second-order valence-corrected chi connectivity index (χ2v) is 6.07. The van der Waals surface area contributed by atoms with Gasteiger partial charge in [-0.1, -0.05) is 38.5 Å². The summed E-state index contributed by atoms with van der Waals surface area (Å²) in [6, 6.07) is 9.40. The molecule has 0 saturated carbocycles. The highest BCUT2D eigenvalue weighted by Crippen LogP contribution is 2.21. The van der Waals surface area contributed by atoms with Crippen LogP contribution in [0.2, 0.25) is 0 Å². The Morgan fingerprint density at radius 1 is 1.29 bits per heavy atom. The molecule has 1 aromatic carbocycles. The molecule has 0 bridgehead atoms. The van der Waals surface area contributed by atoms with Gasteiger partial charge in [0, 0.05) is 17.2 Å². The Hall–Kier alpha value is -2.30. The Kier molecular flexibility index (Phi) is 4.31. The van der Waals surface area contributed by atoms with Gasteiger partial charge < -0.3 is 10.1 Å². The van der Waals surface area contributed by atoms with E-state index in [-0.39, 0.29) is 17.9 Å². The van der Waals surface area contributed by atoms with Gasteiger partial charge in [-0.15, -0.1) is 0 Å². The van der Waals surface area contributed by atoms with Crippen LogP contribution < -0.4 is 10.1 Å². The third-order valence-corrected chi connectivity index (χ3v) is 3.04. The zero-order chi connectivity index (χ0) is 15.5. The van der Waals surface area contributed by atoms with Gasteiger partial charge in [0.05, 0.1) is 0 Å². The van der Waals surface area contributed by atoms with E-state index in [1.54, 1.807) is 0 Å². The Balaban J connectivity index is 1.87. The number of ether oxygens (including phenoxy) is 1. The quantitative estimate of drug-likeness (QED) is 0.908. The first-order valence-corrected chi connectivity index (χ1v) is 6.90. The van der Waals surface area contributed by atoms with Crippen molar-refractivity contribution in [2.75, 3.05) is 11.9 Å². The molecule has 112 valence electrons. The van der Waals surface area contributed by atoms with Crippen molar-refractivity contribution < 1.29 is 9.53 Å². The van der Waals surface area contributed by atoms with Crippen molar-refractivity contribution in [1.29, 1.82) is 0 Å². The number of benzene rings is 1. The molecule has 0 atom stereocenters. The molecule has 0 aliphatic carbocycles. The van der Waals surface area contributed by atoms with Crippen molar-refractivity contribution in [1.82, 2.24) is 10.2 Å². The highest BCUT2D eigenvalue weighted by atomic mass is 16.5. The fourth-order valence-electron chi connectivity index (χ4n) is 1.73. The van der Waals surface area contributed by atoms with E-state index in [9.17, 15) is 4.79 Å². The smallest absolute Gasteiger partial charge is 0.263 e. The summed E-state index contributed by atoms with van der Waals surface area (Å²) in [5, 5.41) is 9.71. The summed E-state index contributed by atoms with van der Waals surface area (Å²) in [5.74, 6) is 0.952. The molecule has 5 nitrogen and oxygen atoms in total. The first-order chi connectivity index (χ1) is 9.84. The summed E-state index contributed by atoms with van der Waals surface area (Å²) in [6.45, 7) is 8.19. The minimum Gasteiger partial charge on any atom is -0.484 e. The number of aromatic amines is 1. The maximum Gasteiger partial charge on any atom is 0.263 e. The molecule has 2 rings (SSSR count). The van der Waals surface area contributed by atoms with Gasteiger partial charge in [-0.3, -0.25) is 9.89 Å². The van der Waals surface area contributed by atoms with E-state index in [0.29, 0.717) is 11.6 Å². The number of anilines is 1. The summed E-state index contributed by atoms with van der Waals surface area (Å²) in [4.78, 5) is 11.8. The summed E-state index contributed by atoms with van der Waals surface area (Å²) in [6.07, 6.45) is 0. The number of carbonyl (C=O) groups is 1. The van der Waals surface area contributed by atoms with Crippen molar-refractivity contribution in [3.05, 3.63) is 41.6 Å². The van der Waals surface area contributed by atoms with Crippen molar-refractivity contribution in [3.8, 4) is 5.75 Å². The van der Waals surface area contributed by atoms with Crippen molar-refractivity contribution in [3.63, 3.8) is 0 Å². The van der Waals surface area contributed by atoms with Crippen molar-refractivity contribution in [2.45, 2.75) is 33.1 Å². The average molecular weight is 287 g/mol. The zero-order valence-electron chi connectivity index (χ0n) is 12.9. The summed E-state index contributed by atoms with van der Waals surface area (Å²) < 4.78 is 5.42. The molecule has 1 aromatic heterocycles. The Morgan fingerprint density at radius 3 is 2.52 bits per heavy atom. The number of nitrogens with zero attached hydrogens (tertiary/aromatic N) is 1. The van der Waals surface area contributed by atoms with Crippen LogP contribution in [-0.2, 0) is 10.2 Å². The molecule has 21 heavy (non-hydrogen) atoms. The molecule has 0 fully saturated rings. The van der Waals surface area contributed by atoms with Gasteiger partial charge in [-0.05, 0) is 19.1 Å². The van der Waals surface area contributed by atoms with Gasteiger partial charge >= 0.3 is 0 Å². The molecular formula is C16H21N3O2. The van der Waals surface area contributed by atoms with Gasteiger partial charge in [0.1, 0.15) is 5.75 Å². The molecule has 2 aromatic rings. The molecule has 0 spiro atoms. The maximum atomic E-state index is 11.8. The second kappa shape index (κ2) is 5.99. The highest BCUT2D eigenvalue weighted by molar-refractivity contribution is 5.91. The standard InChI is InChI=1S/C16H21N3O2/c1-11-5-7-12(8-6-11)21-10-15(20)17-14-9-13(18-19-14)16(2,3)4/h5-9H,10H2,1-4H3,(H2,17,18,19,20). The summed E-state index contributed by atoms with van der Waals surface area (Å²) in [7, 11) is 0. The van der Waals surface area contributed by atoms with Crippen molar-refractivity contribution in [2.24, 2.45) is 0 Å². The Morgan fingerprint density at radius 2 is 1.95 bits per heavy atom. The van der Waals surface area contributed by atoms with Crippen LogP contribution in [0.15, 0.2) is 30.3 Å². The number of hydrogen-bond acceptors (Lipinski definition) is 3. The number of amides is 1. The lowest BCUT2D eigenvalue weighted by Gasteiger charge is -2.14. The number of hydrogen-bond donors (Lipinski definition) is 2. The van der Waals surface area contributed by atoms with Crippen LogP contribution in [0.4, 0.5) is 5.82 Å². The number of H-pyrrole nitrogens is 1. The average Bonchev–Trinajstić information content (AvgIpc) is 2.86. The lowest BCUT2D eigenvalue weighted by atomic mass is 9.92. The topological polar surface area (TPSA) is 67.0 Å². The Labute approximate surface area is 124 Å². The van der Waals surface area contributed by atoms with Crippen LogP contribution in [0.25, 0.3) is 0 Å². The number of carbonyl (C=O) groups excluding carboxylic acids is 1. The lowest BCUT2D eigenvalue weighted by molar-refractivity contribution is -0.118. The molecule has 1 heterocycles.